The number of nitrogen functional groups attached to an aromatic ring is 1. The van der Waals surface area contributed by atoms with E-state index in [-0.39, 0.29) is 5.91 Å². The molecule has 1 aromatic heterocycles. The molecule has 1 aliphatic heterocycles. The van der Waals surface area contributed by atoms with Crippen molar-refractivity contribution in [1.29, 1.82) is 0 Å². The summed E-state index contributed by atoms with van der Waals surface area (Å²) in [5, 5.41) is 0. The van der Waals surface area contributed by atoms with Gasteiger partial charge in [0.2, 0.25) is 0 Å². The maximum absolute atomic E-state index is 12.4. The lowest BCUT2D eigenvalue weighted by Gasteiger charge is -2.20. The zero-order valence-corrected chi connectivity index (χ0v) is 11.6. The van der Waals surface area contributed by atoms with Crippen molar-refractivity contribution in [2.75, 3.05) is 18.8 Å². The van der Waals surface area contributed by atoms with Crippen molar-refractivity contribution < 1.29 is 4.79 Å². The fraction of sp³-hybridized carbons (Fsp3) is 0.600. The molecule has 4 heteroatoms. The molecule has 0 radical (unpaired) electrons. The van der Waals surface area contributed by atoms with Gasteiger partial charge in [-0.15, -0.1) is 0 Å². The second kappa shape index (κ2) is 6.55. The molecule has 1 amide bonds. The Morgan fingerprint density at radius 2 is 2.26 bits per heavy atom. The monoisotopic (exact) mass is 261 g/mol. The van der Waals surface area contributed by atoms with Crippen LogP contribution in [0.1, 0.15) is 49.5 Å². The summed E-state index contributed by atoms with van der Waals surface area (Å²) in [6.07, 6.45) is 7.53. The fourth-order valence-electron chi connectivity index (χ4n) is 2.76. The molecule has 0 aromatic carbocycles. The van der Waals surface area contributed by atoms with Gasteiger partial charge in [-0.3, -0.25) is 4.79 Å². The average molecular weight is 261 g/mol. The van der Waals surface area contributed by atoms with Crippen LogP contribution < -0.4 is 5.73 Å². The molecule has 1 saturated heterocycles. The number of carbonyl (C=O) groups excluding carboxylic acids is 1. The van der Waals surface area contributed by atoms with Crippen molar-refractivity contribution >= 4 is 11.6 Å². The number of pyridine rings is 1. The Balaban J connectivity index is 1.98. The molecule has 1 fully saturated rings. The van der Waals surface area contributed by atoms with Crippen LogP contribution in [-0.2, 0) is 0 Å². The van der Waals surface area contributed by atoms with Crippen molar-refractivity contribution in [2.24, 2.45) is 5.92 Å². The van der Waals surface area contributed by atoms with Gasteiger partial charge in [0.05, 0.1) is 11.9 Å². The van der Waals surface area contributed by atoms with E-state index in [9.17, 15) is 4.79 Å². The quantitative estimate of drug-likeness (QED) is 0.910. The Labute approximate surface area is 115 Å². The third-order valence-corrected chi connectivity index (χ3v) is 3.84. The Morgan fingerprint density at radius 1 is 1.42 bits per heavy atom. The number of carbonyl (C=O) groups is 1. The first-order valence-electron chi connectivity index (χ1n) is 7.21. The first-order chi connectivity index (χ1) is 9.20. The van der Waals surface area contributed by atoms with Gasteiger partial charge >= 0.3 is 0 Å². The molecule has 104 valence electrons. The highest BCUT2D eigenvalue weighted by Crippen LogP contribution is 2.22. The van der Waals surface area contributed by atoms with Crippen molar-refractivity contribution in [3.63, 3.8) is 0 Å². The summed E-state index contributed by atoms with van der Waals surface area (Å²) < 4.78 is 0. The molecule has 1 unspecified atom stereocenters. The molecule has 0 saturated carbocycles. The Morgan fingerprint density at radius 3 is 2.95 bits per heavy atom. The van der Waals surface area contributed by atoms with Crippen LogP contribution in [0.3, 0.4) is 0 Å². The van der Waals surface area contributed by atoms with E-state index in [4.69, 9.17) is 5.73 Å². The summed E-state index contributed by atoms with van der Waals surface area (Å²) in [7, 11) is 0. The summed E-state index contributed by atoms with van der Waals surface area (Å²) in [5.41, 5.74) is 6.69. The first kappa shape index (κ1) is 13.8. The van der Waals surface area contributed by atoms with Crippen molar-refractivity contribution in [3.8, 4) is 0 Å². The van der Waals surface area contributed by atoms with Crippen LogP contribution in [0.25, 0.3) is 0 Å². The maximum atomic E-state index is 12.4. The molecule has 2 rings (SSSR count). The Hall–Kier alpha value is -1.58. The minimum Gasteiger partial charge on any atom is -0.397 e. The Bertz CT molecular complexity index is 416. The molecule has 1 aromatic rings. The largest absolute Gasteiger partial charge is 0.397 e. The Kier molecular flexibility index (Phi) is 4.77. The van der Waals surface area contributed by atoms with Crippen LogP contribution in [0.5, 0.6) is 0 Å². The van der Waals surface area contributed by atoms with Crippen LogP contribution in [0, 0.1) is 5.92 Å². The van der Waals surface area contributed by atoms with E-state index < -0.39 is 0 Å². The van der Waals surface area contributed by atoms with Gasteiger partial charge in [0.15, 0.2) is 0 Å². The summed E-state index contributed by atoms with van der Waals surface area (Å²) in [4.78, 5) is 18.4. The molecular formula is C15H23N3O. The van der Waals surface area contributed by atoms with E-state index in [0.29, 0.717) is 11.4 Å². The molecule has 4 nitrogen and oxygen atoms in total. The van der Waals surface area contributed by atoms with Crippen LogP contribution in [-0.4, -0.2) is 28.9 Å². The highest BCUT2D eigenvalue weighted by atomic mass is 16.2. The highest BCUT2D eigenvalue weighted by molar-refractivity contribution is 5.92. The second-order valence-corrected chi connectivity index (χ2v) is 5.35. The van der Waals surface area contributed by atoms with E-state index in [2.05, 4.69) is 11.9 Å². The molecule has 2 N–H and O–H groups in total. The van der Waals surface area contributed by atoms with Gasteiger partial charge in [-0.05, 0) is 37.3 Å². The number of hydrogen-bond donors (Lipinski definition) is 1. The van der Waals surface area contributed by atoms with E-state index in [1.165, 1.54) is 19.3 Å². The topological polar surface area (TPSA) is 59.2 Å². The summed E-state index contributed by atoms with van der Waals surface area (Å²) in [5.74, 6) is 0.819. The normalized spacial score (nSPS) is 20.1. The van der Waals surface area contributed by atoms with E-state index in [1.54, 1.807) is 18.3 Å². The lowest BCUT2D eigenvalue weighted by molar-refractivity contribution is 0.0754. The van der Waals surface area contributed by atoms with Crippen LogP contribution in [0.4, 0.5) is 5.69 Å². The molecule has 19 heavy (non-hydrogen) atoms. The first-order valence-corrected chi connectivity index (χ1v) is 7.21. The van der Waals surface area contributed by atoms with Crippen LogP contribution >= 0.6 is 0 Å². The van der Waals surface area contributed by atoms with Crippen LogP contribution in [0.2, 0.25) is 0 Å². The zero-order chi connectivity index (χ0) is 13.7. The van der Waals surface area contributed by atoms with Gasteiger partial charge in [-0.25, -0.2) is 4.98 Å². The van der Waals surface area contributed by atoms with Crippen LogP contribution in [0.15, 0.2) is 18.3 Å². The van der Waals surface area contributed by atoms with Gasteiger partial charge < -0.3 is 10.6 Å². The van der Waals surface area contributed by atoms with E-state index >= 15 is 0 Å². The molecular weight excluding hydrogens is 238 g/mol. The minimum atomic E-state index is 0.0390. The number of nitrogens with two attached hydrogens (primary N) is 1. The summed E-state index contributed by atoms with van der Waals surface area (Å²) >= 11 is 0. The summed E-state index contributed by atoms with van der Waals surface area (Å²) in [6.45, 7) is 3.94. The smallest absolute Gasteiger partial charge is 0.272 e. The minimum absolute atomic E-state index is 0.0390. The number of amides is 1. The SMILES string of the molecule is CCCC1CCCN(C(=O)c2ccc(N)cn2)CC1. The number of aromatic nitrogens is 1. The molecule has 2 heterocycles. The summed E-state index contributed by atoms with van der Waals surface area (Å²) in [6, 6.07) is 3.45. The van der Waals surface area contributed by atoms with Crippen molar-refractivity contribution in [3.05, 3.63) is 24.0 Å². The van der Waals surface area contributed by atoms with E-state index in [1.807, 2.05) is 4.90 Å². The predicted octanol–water partition coefficient (Wildman–Crippen LogP) is 2.71. The lowest BCUT2D eigenvalue weighted by atomic mass is 9.96. The number of likely N-dealkylation sites (tertiary alicyclic amines) is 1. The molecule has 1 aliphatic rings. The molecule has 1 atom stereocenters. The van der Waals surface area contributed by atoms with Gasteiger partial charge in [-0.1, -0.05) is 19.8 Å². The number of rotatable bonds is 3. The van der Waals surface area contributed by atoms with Crippen molar-refractivity contribution in [1.82, 2.24) is 9.88 Å². The molecule has 0 bridgehead atoms. The second-order valence-electron chi connectivity index (χ2n) is 5.35. The predicted molar refractivity (Wildman–Crippen MR) is 76.8 cm³/mol. The van der Waals surface area contributed by atoms with Gasteiger partial charge in [0.25, 0.3) is 5.91 Å². The maximum Gasteiger partial charge on any atom is 0.272 e. The molecule has 0 aliphatic carbocycles. The number of nitrogens with zero attached hydrogens (tertiary/aromatic N) is 2. The van der Waals surface area contributed by atoms with Gasteiger partial charge in [-0.2, -0.15) is 0 Å². The average Bonchev–Trinajstić information content (AvgIpc) is 2.65. The third-order valence-electron chi connectivity index (χ3n) is 3.84. The van der Waals surface area contributed by atoms with E-state index in [0.717, 1.165) is 31.8 Å². The zero-order valence-electron chi connectivity index (χ0n) is 11.6. The standard InChI is InChI=1S/C15H23N3O/c1-2-4-12-5-3-9-18(10-8-12)15(19)14-7-6-13(16)11-17-14/h6-7,11-12H,2-5,8-10,16H2,1H3. The van der Waals surface area contributed by atoms with Gasteiger partial charge in [0, 0.05) is 13.1 Å². The van der Waals surface area contributed by atoms with Gasteiger partial charge in [0.1, 0.15) is 5.69 Å². The third kappa shape index (κ3) is 3.69. The van der Waals surface area contributed by atoms with Crippen molar-refractivity contribution in [2.45, 2.75) is 39.0 Å². The number of hydrogen-bond acceptors (Lipinski definition) is 3. The molecule has 0 spiro atoms. The number of anilines is 1. The lowest BCUT2D eigenvalue weighted by Crippen LogP contribution is -2.32. The fourth-order valence-corrected chi connectivity index (χ4v) is 2.76. The highest BCUT2D eigenvalue weighted by Gasteiger charge is 2.21.